The van der Waals surface area contributed by atoms with E-state index in [1.807, 2.05) is 13.8 Å². The van der Waals surface area contributed by atoms with Gasteiger partial charge in [-0.15, -0.1) is 0 Å². The van der Waals surface area contributed by atoms with E-state index < -0.39 is 0 Å². The summed E-state index contributed by atoms with van der Waals surface area (Å²) < 4.78 is 0. The van der Waals surface area contributed by atoms with Gasteiger partial charge >= 0.3 is 0 Å². The minimum absolute atomic E-state index is 0.0640. The molecule has 0 radical (unpaired) electrons. The summed E-state index contributed by atoms with van der Waals surface area (Å²) in [5.74, 6) is 0.208. The Morgan fingerprint density at radius 2 is 2.29 bits per heavy atom. The number of hydrogen-bond donors (Lipinski definition) is 3. The normalized spacial score (nSPS) is 26.8. The van der Waals surface area contributed by atoms with Gasteiger partial charge in [0.15, 0.2) is 0 Å². The summed E-state index contributed by atoms with van der Waals surface area (Å²) in [6, 6.07) is 0.0914. The Morgan fingerprint density at radius 3 is 2.86 bits per heavy atom. The summed E-state index contributed by atoms with van der Waals surface area (Å²) in [4.78, 5) is 12.3. The Kier molecular flexibility index (Phi) is 4.71. The van der Waals surface area contributed by atoms with E-state index in [0.717, 1.165) is 36.2 Å². The van der Waals surface area contributed by atoms with Gasteiger partial charge in [-0.25, -0.2) is 0 Å². The third-order valence-electron chi connectivity index (χ3n) is 4.95. The second kappa shape index (κ2) is 6.18. The van der Waals surface area contributed by atoms with Gasteiger partial charge in [-0.05, 0) is 38.2 Å². The van der Waals surface area contributed by atoms with Crippen molar-refractivity contribution in [1.82, 2.24) is 15.5 Å². The van der Waals surface area contributed by atoms with E-state index in [9.17, 15) is 9.90 Å². The molecule has 5 nitrogen and oxygen atoms in total. The minimum atomic E-state index is -0.166. The minimum Gasteiger partial charge on any atom is -0.396 e. The number of rotatable bonds is 5. The predicted molar refractivity (Wildman–Crippen MR) is 82.1 cm³/mol. The highest BCUT2D eigenvalue weighted by Gasteiger charge is 2.39. The van der Waals surface area contributed by atoms with E-state index >= 15 is 0 Å². The lowest BCUT2D eigenvalue weighted by Crippen LogP contribution is -2.45. The van der Waals surface area contributed by atoms with Crippen molar-refractivity contribution in [3.05, 3.63) is 17.0 Å². The number of aliphatic hydroxyl groups excluding tert-OH is 1. The van der Waals surface area contributed by atoms with E-state index in [-0.39, 0.29) is 29.9 Å². The fraction of sp³-hybridized carbons (Fsp3) is 0.750. The number of aromatic nitrogens is 2. The van der Waals surface area contributed by atoms with E-state index in [0.29, 0.717) is 6.42 Å². The number of H-pyrrole nitrogens is 1. The SMILES string of the molecule is Cc1n[nH]c(C)c1C(C)CC(=O)NC1CCCC1(C)CO. The molecule has 0 aliphatic heterocycles. The molecule has 1 heterocycles. The molecule has 21 heavy (non-hydrogen) atoms. The van der Waals surface area contributed by atoms with Gasteiger partial charge in [0.05, 0.1) is 12.3 Å². The Morgan fingerprint density at radius 1 is 1.57 bits per heavy atom. The fourth-order valence-electron chi connectivity index (χ4n) is 3.59. The first-order valence-corrected chi connectivity index (χ1v) is 7.79. The summed E-state index contributed by atoms with van der Waals surface area (Å²) in [6.07, 6.45) is 3.46. The molecule has 3 unspecified atom stereocenters. The van der Waals surface area contributed by atoms with Crippen LogP contribution in [-0.2, 0) is 4.79 Å². The second-order valence-corrected chi connectivity index (χ2v) is 6.78. The molecule has 1 aromatic rings. The third kappa shape index (κ3) is 3.28. The summed E-state index contributed by atoms with van der Waals surface area (Å²) in [5.41, 5.74) is 2.98. The van der Waals surface area contributed by atoms with Gasteiger partial charge in [0.25, 0.3) is 0 Å². The van der Waals surface area contributed by atoms with Crippen LogP contribution in [0.15, 0.2) is 0 Å². The summed E-state index contributed by atoms with van der Waals surface area (Å²) in [7, 11) is 0. The number of aromatic amines is 1. The number of aryl methyl sites for hydroxylation is 2. The Balaban J connectivity index is 1.96. The van der Waals surface area contributed by atoms with Gasteiger partial charge in [0.1, 0.15) is 0 Å². The van der Waals surface area contributed by atoms with Crippen molar-refractivity contribution >= 4 is 5.91 Å². The van der Waals surface area contributed by atoms with Crippen molar-refractivity contribution in [3.63, 3.8) is 0 Å². The van der Waals surface area contributed by atoms with Crippen molar-refractivity contribution in [2.45, 2.75) is 65.3 Å². The van der Waals surface area contributed by atoms with Crippen molar-refractivity contribution in [1.29, 1.82) is 0 Å². The topological polar surface area (TPSA) is 78.0 Å². The van der Waals surface area contributed by atoms with Crippen molar-refractivity contribution in [2.75, 3.05) is 6.61 Å². The fourth-order valence-corrected chi connectivity index (χ4v) is 3.59. The molecule has 1 fully saturated rings. The van der Waals surface area contributed by atoms with Crippen LogP contribution in [0.4, 0.5) is 0 Å². The first-order valence-electron chi connectivity index (χ1n) is 7.79. The molecule has 3 N–H and O–H groups in total. The van der Waals surface area contributed by atoms with Crippen LogP contribution in [0.3, 0.4) is 0 Å². The molecule has 118 valence electrons. The lowest BCUT2D eigenvalue weighted by molar-refractivity contribution is -0.123. The molecule has 5 heteroatoms. The lowest BCUT2D eigenvalue weighted by atomic mass is 9.85. The van der Waals surface area contributed by atoms with Crippen LogP contribution < -0.4 is 5.32 Å². The molecular weight excluding hydrogens is 266 g/mol. The molecule has 1 aliphatic rings. The van der Waals surface area contributed by atoms with Crippen molar-refractivity contribution in [3.8, 4) is 0 Å². The second-order valence-electron chi connectivity index (χ2n) is 6.78. The average molecular weight is 293 g/mol. The Bertz CT molecular complexity index is 492. The van der Waals surface area contributed by atoms with Crippen molar-refractivity contribution in [2.24, 2.45) is 5.41 Å². The van der Waals surface area contributed by atoms with Crippen LogP contribution in [0.5, 0.6) is 0 Å². The average Bonchev–Trinajstić information content (AvgIpc) is 2.94. The van der Waals surface area contributed by atoms with Gasteiger partial charge in [0, 0.05) is 23.6 Å². The largest absolute Gasteiger partial charge is 0.396 e. The van der Waals surface area contributed by atoms with Gasteiger partial charge in [-0.1, -0.05) is 20.3 Å². The molecule has 1 aliphatic carbocycles. The zero-order valence-electron chi connectivity index (χ0n) is 13.5. The number of nitrogens with one attached hydrogen (secondary N) is 2. The van der Waals surface area contributed by atoms with Gasteiger partial charge < -0.3 is 10.4 Å². The maximum absolute atomic E-state index is 12.3. The predicted octanol–water partition coefficient (Wildman–Crippen LogP) is 2.19. The van der Waals surface area contributed by atoms with Gasteiger partial charge in [-0.2, -0.15) is 5.10 Å². The first-order chi connectivity index (χ1) is 9.87. The summed E-state index contributed by atoms with van der Waals surface area (Å²) in [6.45, 7) is 8.20. The number of aliphatic hydroxyl groups is 1. The van der Waals surface area contributed by atoms with Crippen LogP contribution in [0.25, 0.3) is 0 Å². The molecule has 0 spiro atoms. The molecule has 0 saturated heterocycles. The highest BCUT2D eigenvalue weighted by Crippen LogP contribution is 2.37. The van der Waals surface area contributed by atoms with Crippen LogP contribution in [-0.4, -0.2) is 33.9 Å². The monoisotopic (exact) mass is 293 g/mol. The highest BCUT2D eigenvalue weighted by atomic mass is 16.3. The Hall–Kier alpha value is -1.36. The lowest BCUT2D eigenvalue weighted by Gasteiger charge is -2.30. The zero-order valence-corrected chi connectivity index (χ0v) is 13.5. The summed E-state index contributed by atoms with van der Waals surface area (Å²) >= 11 is 0. The van der Waals surface area contributed by atoms with Crippen molar-refractivity contribution < 1.29 is 9.90 Å². The maximum atomic E-state index is 12.3. The first kappa shape index (κ1) is 16.0. The molecule has 1 saturated carbocycles. The number of nitrogens with zero attached hydrogens (tertiary/aromatic N) is 1. The van der Waals surface area contributed by atoms with Gasteiger partial charge in [-0.3, -0.25) is 9.89 Å². The molecule has 0 bridgehead atoms. The van der Waals surface area contributed by atoms with Gasteiger partial charge in [0.2, 0.25) is 5.91 Å². The zero-order chi connectivity index (χ0) is 15.6. The standard InChI is InChI=1S/C16H27N3O2/c1-10(15-11(2)18-19-12(15)3)8-14(21)17-13-6-5-7-16(13,4)9-20/h10,13,20H,5-9H2,1-4H3,(H,17,21)(H,18,19). The molecule has 3 atom stereocenters. The molecule has 0 aromatic carbocycles. The molecule has 1 aromatic heterocycles. The molecule has 1 amide bonds. The van der Waals surface area contributed by atoms with Crippen LogP contribution >= 0.6 is 0 Å². The van der Waals surface area contributed by atoms with Crippen LogP contribution in [0.2, 0.25) is 0 Å². The van der Waals surface area contributed by atoms with E-state index in [1.165, 1.54) is 0 Å². The number of amides is 1. The highest BCUT2D eigenvalue weighted by molar-refractivity contribution is 5.77. The number of carbonyl (C=O) groups excluding carboxylic acids is 1. The van der Waals surface area contributed by atoms with E-state index in [4.69, 9.17) is 0 Å². The molecular formula is C16H27N3O2. The van der Waals surface area contributed by atoms with E-state index in [1.54, 1.807) is 0 Å². The van der Waals surface area contributed by atoms with Crippen LogP contribution in [0, 0.1) is 19.3 Å². The Labute approximate surface area is 126 Å². The van der Waals surface area contributed by atoms with E-state index in [2.05, 4.69) is 29.4 Å². The smallest absolute Gasteiger partial charge is 0.220 e. The summed E-state index contributed by atoms with van der Waals surface area (Å²) in [5, 5.41) is 19.8. The molecule has 2 rings (SSSR count). The maximum Gasteiger partial charge on any atom is 0.220 e. The number of carbonyl (C=O) groups is 1. The van der Waals surface area contributed by atoms with Crippen LogP contribution in [0.1, 0.15) is 62.4 Å². The quantitative estimate of drug-likeness (QED) is 0.778. The third-order valence-corrected chi connectivity index (χ3v) is 4.95. The number of hydrogen-bond acceptors (Lipinski definition) is 3.